The van der Waals surface area contributed by atoms with E-state index in [1.807, 2.05) is 30.3 Å². The number of rotatable bonds is 4. The summed E-state index contributed by atoms with van der Waals surface area (Å²) in [6.45, 7) is 0.999. The zero-order chi connectivity index (χ0) is 19.4. The van der Waals surface area contributed by atoms with E-state index >= 15 is 0 Å². The van der Waals surface area contributed by atoms with E-state index in [1.165, 1.54) is 24.3 Å². The standard InChI is InChI=1S/C20H22N2O4S/c1-27(25,26)18-9-7-16(8-10-18)20(24)22-13-11-15(12-14-22)19(23)21-17-5-3-2-4-6-17/h2-10,15H,11-14H2,1H3,(H,21,23). The molecule has 1 fully saturated rings. The monoisotopic (exact) mass is 386 g/mol. The largest absolute Gasteiger partial charge is 0.339 e. The molecule has 0 aromatic heterocycles. The summed E-state index contributed by atoms with van der Waals surface area (Å²) in [5.41, 5.74) is 1.22. The maximum Gasteiger partial charge on any atom is 0.253 e. The Balaban J connectivity index is 1.57. The summed E-state index contributed by atoms with van der Waals surface area (Å²) in [5, 5.41) is 2.91. The molecule has 0 unspecified atom stereocenters. The molecule has 1 N–H and O–H groups in total. The molecule has 3 rings (SSSR count). The van der Waals surface area contributed by atoms with Crippen LogP contribution in [0.25, 0.3) is 0 Å². The van der Waals surface area contributed by atoms with Gasteiger partial charge in [0.25, 0.3) is 5.91 Å². The third-order valence-corrected chi connectivity index (χ3v) is 5.85. The molecule has 0 atom stereocenters. The molecule has 0 radical (unpaired) electrons. The molecule has 1 saturated heterocycles. The van der Waals surface area contributed by atoms with Crippen LogP contribution < -0.4 is 5.32 Å². The van der Waals surface area contributed by atoms with E-state index in [0.717, 1.165) is 11.9 Å². The Hall–Kier alpha value is -2.67. The van der Waals surface area contributed by atoms with Crippen molar-refractivity contribution < 1.29 is 18.0 Å². The van der Waals surface area contributed by atoms with Crippen molar-refractivity contribution in [2.75, 3.05) is 24.7 Å². The van der Waals surface area contributed by atoms with Gasteiger partial charge < -0.3 is 10.2 Å². The van der Waals surface area contributed by atoms with E-state index in [0.29, 0.717) is 31.5 Å². The number of nitrogens with one attached hydrogen (secondary N) is 1. The second kappa shape index (κ2) is 7.92. The van der Waals surface area contributed by atoms with Crippen molar-refractivity contribution in [1.29, 1.82) is 0 Å². The van der Waals surface area contributed by atoms with Gasteiger partial charge in [-0.2, -0.15) is 0 Å². The molecule has 1 aliphatic rings. The minimum absolute atomic E-state index is 0.0224. The van der Waals surface area contributed by atoms with E-state index in [4.69, 9.17) is 0 Å². The normalized spacial score (nSPS) is 15.4. The van der Waals surface area contributed by atoms with E-state index in [2.05, 4.69) is 5.32 Å². The van der Waals surface area contributed by atoms with Gasteiger partial charge in [0, 0.05) is 36.5 Å². The third-order valence-electron chi connectivity index (χ3n) is 4.72. The molecule has 2 aromatic rings. The predicted molar refractivity (Wildman–Crippen MR) is 103 cm³/mol. The second-order valence-corrected chi connectivity index (χ2v) is 8.73. The number of sulfone groups is 1. The highest BCUT2D eigenvalue weighted by atomic mass is 32.2. The minimum Gasteiger partial charge on any atom is -0.339 e. The number of para-hydroxylation sites is 1. The van der Waals surface area contributed by atoms with Crippen LogP contribution >= 0.6 is 0 Å². The zero-order valence-corrected chi connectivity index (χ0v) is 15.9. The lowest BCUT2D eigenvalue weighted by Gasteiger charge is -2.31. The van der Waals surface area contributed by atoms with E-state index in [1.54, 1.807) is 4.90 Å². The van der Waals surface area contributed by atoms with Gasteiger partial charge in [0.15, 0.2) is 9.84 Å². The Labute approximate surface area is 159 Å². The molecule has 142 valence electrons. The molecule has 2 amide bonds. The summed E-state index contributed by atoms with van der Waals surface area (Å²) >= 11 is 0. The van der Waals surface area contributed by atoms with E-state index < -0.39 is 9.84 Å². The number of benzene rings is 2. The van der Waals surface area contributed by atoms with Gasteiger partial charge in [-0.15, -0.1) is 0 Å². The quantitative estimate of drug-likeness (QED) is 0.875. The number of amides is 2. The number of carbonyl (C=O) groups is 2. The predicted octanol–water partition coefficient (Wildman–Crippen LogP) is 2.58. The number of hydrogen-bond acceptors (Lipinski definition) is 4. The summed E-state index contributed by atoms with van der Waals surface area (Å²) < 4.78 is 23.0. The van der Waals surface area contributed by atoms with Crippen molar-refractivity contribution in [3.8, 4) is 0 Å². The van der Waals surface area contributed by atoms with Crippen LogP contribution in [0.3, 0.4) is 0 Å². The maximum atomic E-state index is 12.6. The number of nitrogens with zero attached hydrogens (tertiary/aromatic N) is 1. The fourth-order valence-electron chi connectivity index (χ4n) is 3.14. The summed E-state index contributed by atoms with van der Waals surface area (Å²) in [4.78, 5) is 26.9. The van der Waals surface area contributed by atoms with Crippen LogP contribution in [-0.2, 0) is 14.6 Å². The first-order valence-electron chi connectivity index (χ1n) is 8.80. The molecule has 0 bridgehead atoms. The van der Waals surface area contributed by atoms with Gasteiger partial charge in [-0.1, -0.05) is 18.2 Å². The molecule has 0 spiro atoms. The van der Waals surface area contributed by atoms with E-state index in [9.17, 15) is 18.0 Å². The molecule has 7 heteroatoms. The van der Waals surface area contributed by atoms with Crippen LogP contribution in [0.4, 0.5) is 5.69 Å². The smallest absolute Gasteiger partial charge is 0.253 e. The number of carbonyl (C=O) groups excluding carboxylic acids is 2. The average Bonchev–Trinajstić information content (AvgIpc) is 2.68. The summed E-state index contributed by atoms with van der Waals surface area (Å²) in [6, 6.07) is 15.3. The topological polar surface area (TPSA) is 83.6 Å². The minimum atomic E-state index is -3.28. The molecule has 0 saturated carbocycles. The molecule has 6 nitrogen and oxygen atoms in total. The summed E-state index contributed by atoms with van der Waals surface area (Å²) in [5.74, 6) is -0.287. The molecule has 1 aliphatic heterocycles. The lowest BCUT2D eigenvalue weighted by Crippen LogP contribution is -2.41. The van der Waals surface area contributed by atoms with Crippen LogP contribution in [0.5, 0.6) is 0 Å². The highest BCUT2D eigenvalue weighted by Gasteiger charge is 2.28. The molecule has 27 heavy (non-hydrogen) atoms. The highest BCUT2D eigenvalue weighted by Crippen LogP contribution is 2.21. The Kier molecular flexibility index (Phi) is 5.60. The number of hydrogen-bond donors (Lipinski definition) is 1. The first kappa shape index (κ1) is 19.1. The Morgan fingerprint density at radius 3 is 2.11 bits per heavy atom. The van der Waals surface area contributed by atoms with Crippen LogP contribution in [0.2, 0.25) is 0 Å². The van der Waals surface area contributed by atoms with Gasteiger partial charge in [0.2, 0.25) is 5.91 Å². The van der Waals surface area contributed by atoms with Gasteiger partial charge in [-0.25, -0.2) is 8.42 Å². The molecular formula is C20H22N2O4S. The number of anilines is 1. The molecule has 0 aliphatic carbocycles. The fourth-order valence-corrected chi connectivity index (χ4v) is 3.77. The second-order valence-electron chi connectivity index (χ2n) is 6.72. The first-order valence-corrected chi connectivity index (χ1v) is 10.7. The van der Waals surface area contributed by atoms with Gasteiger partial charge >= 0.3 is 0 Å². The zero-order valence-electron chi connectivity index (χ0n) is 15.1. The van der Waals surface area contributed by atoms with Gasteiger partial charge in [0.05, 0.1) is 4.90 Å². The Morgan fingerprint density at radius 2 is 1.56 bits per heavy atom. The maximum absolute atomic E-state index is 12.6. The molecular weight excluding hydrogens is 364 g/mol. The fraction of sp³-hybridized carbons (Fsp3) is 0.300. The van der Waals surface area contributed by atoms with Crippen molar-refractivity contribution in [2.45, 2.75) is 17.7 Å². The number of likely N-dealkylation sites (tertiary alicyclic amines) is 1. The van der Waals surface area contributed by atoms with Crippen molar-refractivity contribution in [3.63, 3.8) is 0 Å². The van der Waals surface area contributed by atoms with Gasteiger partial charge in [-0.05, 0) is 49.2 Å². The molecule has 2 aromatic carbocycles. The van der Waals surface area contributed by atoms with Crippen LogP contribution in [0.1, 0.15) is 23.2 Å². The lowest BCUT2D eigenvalue weighted by molar-refractivity contribution is -0.121. The van der Waals surface area contributed by atoms with Crippen LogP contribution in [0, 0.1) is 5.92 Å². The average molecular weight is 386 g/mol. The SMILES string of the molecule is CS(=O)(=O)c1ccc(C(=O)N2CCC(C(=O)Nc3ccccc3)CC2)cc1. The Bertz CT molecular complexity index is 916. The first-order chi connectivity index (χ1) is 12.8. The van der Waals surface area contributed by atoms with Crippen molar-refractivity contribution in [2.24, 2.45) is 5.92 Å². The lowest BCUT2D eigenvalue weighted by atomic mass is 9.95. The Morgan fingerprint density at radius 1 is 0.963 bits per heavy atom. The van der Waals surface area contributed by atoms with Gasteiger partial charge in [-0.3, -0.25) is 9.59 Å². The van der Waals surface area contributed by atoms with E-state index in [-0.39, 0.29) is 22.6 Å². The third kappa shape index (κ3) is 4.74. The van der Waals surface area contributed by atoms with Crippen molar-refractivity contribution in [3.05, 3.63) is 60.2 Å². The highest BCUT2D eigenvalue weighted by molar-refractivity contribution is 7.90. The van der Waals surface area contributed by atoms with Crippen LogP contribution in [-0.4, -0.2) is 44.5 Å². The van der Waals surface area contributed by atoms with Gasteiger partial charge in [0.1, 0.15) is 0 Å². The van der Waals surface area contributed by atoms with Crippen LogP contribution in [0.15, 0.2) is 59.5 Å². The van der Waals surface area contributed by atoms with Crippen molar-refractivity contribution in [1.82, 2.24) is 4.90 Å². The van der Waals surface area contributed by atoms with Crippen molar-refractivity contribution >= 4 is 27.3 Å². The summed E-state index contributed by atoms with van der Waals surface area (Å²) in [7, 11) is -3.28. The number of piperidine rings is 1. The summed E-state index contributed by atoms with van der Waals surface area (Å²) in [6.07, 6.45) is 2.34. The molecule has 1 heterocycles.